The van der Waals surface area contributed by atoms with Crippen molar-refractivity contribution in [2.24, 2.45) is 5.92 Å². The summed E-state index contributed by atoms with van der Waals surface area (Å²) in [7, 11) is 0. The maximum atomic E-state index is 14.7. The second-order valence-electron chi connectivity index (χ2n) is 7.59. The summed E-state index contributed by atoms with van der Waals surface area (Å²) in [5, 5.41) is 16.1. The van der Waals surface area contributed by atoms with Crippen LogP contribution in [0.1, 0.15) is 42.5 Å². The first-order valence-corrected chi connectivity index (χ1v) is 10.3. The number of ether oxygens (including phenoxy) is 1. The zero-order chi connectivity index (χ0) is 19.5. The number of rotatable bonds is 6. The molecule has 0 aliphatic carbocycles. The summed E-state index contributed by atoms with van der Waals surface area (Å²) in [4.78, 5) is 0. The van der Waals surface area contributed by atoms with E-state index in [2.05, 4.69) is 22.8 Å². The molecule has 0 amide bonds. The normalized spacial score (nSPS) is 26.2. The zero-order valence-corrected chi connectivity index (χ0v) is 16.5. The van der Waals surface area contributed by atoms with Crippen molar-refractivity contribution in [2.75, 3.05) is 25.0 Å². The molecule has 2 heterocycles. The molecule has 0 radical (unpaired) electrons. The summed E-state index contributed by atoms with van der Waals surface area (Å²) in [5.41, 5.74) is 2.44. The van der Waals surface area contributed by atoms with Crippen LogP contribution >= 0.6 is 11.6 Å². The smallest absolute Gasteiger partial charge is 0.148 e. The maximum absolute atomic E-state index is 14.7. The Bertz CT molecular complexity index is 805. The van der Waals surface area contributed by atoms with Crippen LogP contribution in [-0.4, -0.2) is 30.9 Å². The Morgan fingerprint density at radius 3 is 2.82 bits per heavy atom. The zero-order valence-electron chi connectivity index (χ0n) is 15.7. The van der Waals surface area contributed by atoms with Crippen molar-refractivity contribution in [3.63, 3.8) is 0 Å². The summed E-state index contributed by atoms with van der Waals surface area (Å²) < 4.78 is 21.2. The highest BCUT2D eigenvalue weighted by Crippen LogP contribution is 2.51. The van der Waals surface area contributed by atoms with Gasteiger partial charge in [-0.05, 0) is 43.5 Å². The third-order valence-corrected chi connectivity index (χ3v) is 5.93. The lowest BCUT2D eigenvalue weighted by molar-refractivity contribution is -0.0917. The topological polar surface area (TPSA) is 53.5 Å². The van der Waals surface area contributed by atoms with Crippen LogP contribution in [0, 0.1) is 11.7 Å². The van der Waals surface area contributed by atoms with Gasteiger partial charge in [0.05, 0.1) is 23.9 Å². The van der Waals surface area contributed by atoms with Crippen molar-refractivity contribution in [3.05, 3.63) is 64.4 Å². The molecule has 0 unspecified atom stereocenters. The van der Waals surface area contributed by atoms with Crippen LogP contribution in [-0.2, 0) is 4.74 Å². The Hall–Kier alpha value is -1.66. The SMILES string of the molecule is OCCCNC[C@H]1CC[C@@H]2[C@H](O1)c1cc(Cl)cc(F)c1N[C@H]2c1ccccc1. The lowest BCUT2D eigenvalue weighted by Gasteiger charge is -2.46. The molecule has 0 spiro atoms. The van der Waals surface area contributed by atoms with E-state index >= 15 is 0 Å². The Balaban J connectivity index is 1.61. The fraction of sp³-hybridized carbons (Fsp3) is 0.455. The standard InChI is InChI=1S/C22H26ClFN2O2/c23-15-11-18-21(19(24)12-15)26-20(14-5-2-1-3-6-14)17-8-7-16(28-22(17)18)13-25-9-4-10-27/h1-3,5-6,11-12,16-17,20,22,25-27H,4,7-10,13H2/t16-,17+,20+,22+/m1/s1. The van der Waals surface area contributed by atoms with Gasteiger partial charge in [0, 0.05) is 29.7 Å². The van der Waals surface area contributed by atoms with Gasteiger partial charge in [0.1, 0.15) is 5.82 Å². The maximum Gasteiger partial charge on any atom is 0.148 e. The van der Waals surface area contributed by atoms with Crippen LogP contribution in [0.25, 0.3) is 0 Å². The molecule has 0 saturated carbocycles. The third kappa shape index (κ3) is 4.03. The van der Waals surface area contributed by atoms with Crippen LogP contribution in [0.5, 0.6) is 0 Å². The largest absolute Gasteiger partial charge is 0.396 e. The van der Waals surface area contributed by atoms with Crippen LogP contribution in [0.15, 0.2) is 42.5 Å². The second-order valence-corrected chi connectivity index (χ2v) is 8.02. The van der Waals surface area contributed by atoms with Crippen molar-refractivity contribution in [2.45, 2.75) is 37.5 Å². The van der Waals surface area contributed by atoms with Gasteiger partial charge in [-0.15, -0.1) is 0 Å². The molecule has 1 fully saturated rings. The fourth-order valence-electron chi connectivity index (χ4n) is 4.39. The van der Waals surface area contributed by atoms with Gasteiger partial charge in [-0.3, -0.25) is 0 Å². The van der Waals surface area contributed by atoms with E-state index in [1.165, 1.54) is 6.07 Å². The number of benzene rings is 2. The molecule has 4 nitrogen and oxygen atoms in total. The predicted octanol–water partition coefficient (Wildman–Crippen LogP) is 4.45. The van der Waals surface area contributed by atoms with E-state index in [4.69, 9.17) is 21.4 Å². The van der Waals surface area contributed by atoms with Gasteiger partial charge in [-0.25, -0.2) is 4.39 Å². The van der Waals surface area contributed by atoms with Crippen LogP contribution in [0.4, 0.5) is 10.1 Å². The summed E-state index contributed by atoms with van der Waals surface area (Å²) in [5.74, 6) is -0.130. The second kappa shape index (κ2) is 8.78. The molecule has 2 aliphatic rings. The summed E-state index contributed by atoms with van der Waals surface area (Å²) in [6.45, 7) is 1.67. The number of anilines is 1. The van der Waals surface area contributed by atoms with E-state index in [1.54, 1.807) is 0 Å². The van der Waals surface area contributed by atoms with Crippen molar-refractivity contribution >= 4 is 17.3 Å². The number of hydrogen-bond acceptors (Lipinski definition) is 4. The fourth-order valence-corrected chi connectivity index (χ4v) is 4.61. The first kappa shape index (κ1) is 19.6. The van der Waals surface area contributed by atoms with Crippen molar-refractivity contribution in [1.82, 2.24) is 5.32 Å². The average Bonchev–Trinajstić information content (AvgIpc) is 2.71. The third-order valence-electron chi connectivity index (χ3n) is 5.71. The van der Waals surface area contributed by atoms with E-state index in [0.717, 1.165) is 43.5 Å². The van der Waals surface area contributed by atoms with E-state index in [0.29, 0.717) is 10.7 Å². The molecule has 2 aromatic rings. The first-order chi connectivity index (χ1) is 13.7. The van der Waals surface area contributed by atoms with E-state index in [-0.39, 0.29) is 36.6 Å². The van der Waals surface area contributed by atoms with Gasteiger partial charge in [-0.2, -0.15) is 0 Å². The molecule has 150 valence electrons. The summed E-state index contributed by atoms with van der Waals surface area (Å²) >= 11 is 6.16. The minimum atomic E-state index is -0.339. The predicted molar refractivity (Wildman–Crippen MR) is 109 cm³/mol. The van der Waals surface area contributed by atoms with Gasteiger partial charge in [0.2, 0.25) is 0 Å². The van der Waals surface area contributed by atoms with E-state index in [1.807, 2.05) is 24.3 Å². The number of nitrogens with one attached hydrogen (secondary N) is 2. The van der Waals surface area contributed by atoms with Crippen molar-refractivity contribution in [3.8, 4) is 0 Å². The van der Waals surface area contributed by atoms with E-state index in [9.17, 15) is 4.39 Å². The lowest BCUT2D eigenvalue weighted by atomic mass is 9.76. The van der Waals surface area contributed by atoms with E-state index < -0.39 is 0 Å². The minimum Gasteiger partial charge on any atom is -0.396 e. The average molecular weight is 405 g/mol. The summed E-state index contributed by atoms with van der Waals surface area (Å²) in [6.07, 6.45) is 2.51. The highest BCUT2D eigenvalue weighted by molar-refractivity contribution is 6.30. The molecule has 4 rings (SSSR count). The highest BCUT2D eigenvalue weighted by atomic mass is 35.5. The Labute approximate surface area is 170 Å². The molecule has 28 heavy (non-hydrogen) atoms. The molecule has 4 atom stereocenters. The number of aliphatic hydroxyl groups excluding tert-OH is 1. The molecule has 2 aromatic carbocycles. The quantitative estimate of drug-likeness (QED) is 0.622. The number of hydrogen-bond donors (Lipinski definition) is 3. The monoisotopic (exact) mass is 404 g/mol. The van der Waals surface area contributed by atoms with Gasteiger partial charge in [-0.1, -0.05) is 41.9 Å². The van der Waals surface area contributed by atoms with Gasteiger partial charge in [0.25, 0.3) is 0 Å². The minimum absolute atomic E-state index is 0.00215. The van der Waals surface area contributed by atoms with Gasteiger partial charge >= 0.3 is 0 Å². The highest BCUT2D eigenvalue weighted by Gasteiger charge is 2.43. The lowest BCUT2D eigenvalue weighted by Crippen LogP contribution is -2.42. The molecule has 3 N–H and O–H groups in total. The molecule has 1 saturated heterocycles. The van der Waals surface area contributed by atoms with Crippen molar-refractivity contribution < 1.29 is 14.2 Å². The number of fused-ring (bicyclic) bond motifs is 3. The number of aliphatic hydroxyl groups is 1. The van der Waals surface area contributed by atoms with Crippen LogP contribution < -0.4 is 10.6 Å². The van der Waals surface area contributed by atoms with Crippen molar-refractivity contribution in [1.29, 1.82) is 0 Å². The summed E-state index contributed by atoms with van der Waals surface area (Å²) in [6, 6.07) is 13.3. The molecular formula is C22H26ClFN2O2. The van der Waals surface area contributed by atoms with Crippen LogP contribution in [0.3, 0.4) is 0 Å². The van der Waals surface area contributed by atoms with Gasteiger partial charge in [0.15, 0.2) is 0 Å². The molecule has 2 aliphatic heterocycles. The Kier molecular flexibility index (Phi) is 6.16. The molecule has 6 heteroatoms. The van der Waals surface area contributed by atoms with Crippen LogP contribution in [0.2, 0.25) is 5.02 Å². The van der Waals surface area contributed by atoms with Gasteiger partial charge < -0.3 is 20.5 Å². The first-order valence-electron chi connectivity index (χ1n) is 9.95. The molecular weight excluding hydrogens is 379 g/mol. The Morgan fingerprint density at radius 2 is 2.04 bits per heavy atom. The number of halogens is 2. The molecule has 0 aromatic heterocycles. The Morgan fingerprint density at radius 1 is 1.21 bits per heavy atom. The molecule has 0 bridgehead atoms.